The predicted molar refractivity (Wildman–Crippen MR) is 69.4 cm³/mol. The van der Waals surface area contributed by atoms with Crippen LogP contribution in [0.25, 0.3) is 0 Å². The fourth-order valence-corrected chi connectivity index (χ4v) is 3.72. The maximum Gasteiger partial charge on any atom is 0.244 e. The smallest absolute Gasteiger partial charge is 0.244 e. The fourth-order valence-electron chi connectivity index (χ4n) is 2.29. The zero-order valence-electron chi connectivity index (χ0n) is 10.6. The monoisotopic (exact) mass is 306 g/mol. The van der Waals surface area contributed by atoms with E-state index in [1.807, 2.05) is 0 Å². The molecular weight excluding hydrogens is 290 g/mol. The van der Waals surface area contributed by atoms with Crippen molar-refractivity contribution in [1.82, 2.24) is 4.72 Å². The van der Waals surface area contributed by atoms with Gasteiger partial charge in [0.05, 0.1) is 6.10 Å². The maximum absolute atomic E-state index is 13.6. The number of nitrogens with one attached hydrogen (secondary N) is 1. The van der Waals surface area contributed by atoms with Crippen LogP contribution in [0.1, 0.15) is 25.7 Å². The lowest BCUT2D eigenvalue weighted by Crippen LogP contribution is -2.45. The van der Waals surface area contributed by atoms with Gasteiger partial charge in [-0.15, -0.1) is 0 Å². The van der Waals surface area contributed by atoms with Gasteiger partial charge in [0, 0.05) is 11.7 Å². The molecule has 1 fully saturated rings. The minimum absolute atomic E-state index is 0.187. The second-order valence-corrected chi connectivity index (χ2v) is 6.58. The molecule has 0 radical (unpaired) electrons. The Hall–Kier alpha value is -1.25. The third-order valence-corrected chi connectivity index (χ3v) is 4.83. The number of sulfonamides is 1. The van der Waals surface area contributed by atoms with E-state index in [1.165, 1.54) is 0 Å². The molecule has 4 N–H and O–H groups in total. The van der Waals surface area contributed by atoms with Gasteiger partial charge in [-0.1, -0.05) is 12.8 Å². The van der Waals surface area contributed by atoms with Crippen molar-refractivity contribution in [3.8, 4) is 0 Å². The molecule has 1 aliphatic carbocycles. The number of halogens is 2. The van der Waals surface area contributed by atoms with Crippen molar-refractivity contribution in [2.75, 3.05) is 5.73 Å². The molecule has 112 valence electrons. The van der Waals surface area contributed by atoms with E-state index in [1.54, 1.807) is 0 Å². The van der Waals surface area contributed by atoms with Crippen LogP contribution in [0.15, 0.2) is 17.0 Å². The molecule has 0 saturated heterocycles. The second kappa shape index (κ2) is 5.63. The third-order valence-electron chi connectivity index (χ3n) is 3.34. The Morgan fingerprint density at radius 3 is 2.55 bits per heavy atom. The first kappa shape index (κ1) is 15.1. The Labute approximate surface area is 115 Å². The summed E-state index contributed by atoms with van der Waals surface area (Å²) in [6.07, 6.45) is 1.67. The number of hydrogen-bond donors (Lipinski definition) is 3. The molecule has 1 aromatic carbocycles. The molecule has 1 aromatic rings. The number of aliphatic hydroxyl groups is 1. The lowest BCUT2D eigenvalue weighted by molar-refractivity contribution is 0.101. The molecule has 0 heterocycles. The van der Waals surface area contributed by atoms with Crippen LogP contribution in [0.3, 0.4) is 0 Å². The molecule has 2 unspecified atom stereocenters. The molecular formula is C12H16F2N2O3S. The standard InChI is InChI=1S/C12H16F2N2O3S/c13-8-5-7(15)6-11(12(8)14)20(18,19)16-9-3-1-2-4-10(9)17/h5-6,9-10,16-17H,1-4,15H2. The maximum atomic E-state index is 13.6. The van der Waals surface area contributed by atoms with E-state index >= 15 is 0 Å². The highest BCUT2D eigenvalue weighted by Crippen LogP contribution is 2.24. The summed E-state index contributed by atoms with van der Waals surface area (Å²) in [6, 6.07) is 0.873. The summed E-state index contributed by atoms with van der Waals surface area (Å²) >= 11 is 0. The summed E-state index contributed by atoms with van der Waals surface area (Å²) in [5.41, 5.74) is 5.15. The topological polar surface area (TPSA) is 92.4 Å². The lowest BCUT2D eigenvalue weighted by atomic mass is 9.93. The largest absolute Gasteiger partial charge is 0.399 e. The molecule has 5 nitrogen and oxygen atoms in total. The third kappa shape index (κ3) is 3.08. The molecule has 0 spiro atoms. The Morgan fingerprint density at radius 2 is 1.90 bits per heavy atom. The Morgan fingerprint density at radius 1 is 1.25 bits per heavy atom. The van der Waals surface area contributed by atoms with Crippen LogP contribution in [0.5, 0.6) is 0 Å². The van der Waals surface area contributed by atoms with Crippen LogP contribution in [-0.2, 0) is 10.0 Å². The number of anilines is 1. The SMILES string of the molecule is Nc1cc(F)c(F)c(S(=O)(=O)NC2CCCCC2O)c1. The van der Waals surface area contributed by atoms with Crippen molar-refractivity contribution in [3.05, 3.63) is 23.8 Å². The predicted octanol–water partition coefficient (Wildman–Crippen LogP) is 1.13. The molecule has 0 aromatic heterocycles. The van der Waals surface area contributed by atoms with Crippen LogP contribution < -0.4 is 10.5 Å². The van der Waals surface area contributed by atoms with Gasteiger partial charge in [0.1, 0.15) is 4.90 Å². The number of nitrogen functional groups attached to an aromatic ring is 1. The van der Waals surface area contributed by atoms with Gasteiger partial charge in [-0.3, -0.25) is 0 Å². The average molecular weight is 306 g/mol. The summed E-state index contributed by atoms with van der Waals surface area (Å²) in [7, 11) is -4.27. The molecule has 2 rings (SSSR count). The van der Waals surface area contributed by atoms with Crippen molar-refractivity contribution in [1.29, 1.82) is 0 Å². The van der Waals surface area contributed by atoms with E-state index in [2.05, 4.69) is 4.72 Å². The molecule has 20 heavy (non-hydrogen) atoms. The molecule has 1 saturated carbocycles. The highest BCUT2D eigenvalue weighted by Gasteiger charge is 2.30. The van der Waals surface area contributed by atoms with E-state index in [9.17, 15) is 22.3 Å². The average Bonchev–Trinajstić information content (AvgIpc) is 2.36. The number of aliphatic hydroxyl groups excluding tert-OH is 1. The minimum atomic E-state index is -4.27. The fraction of sp³-hybridized carbons (Fsp3) is 0.500. The number of rotatable bonds is 3. The van der Waals surface area contributed by atoms with Crippen molar-refractivity contribution in [2.24, 2.45) is 0 Å². The molecule has 0 amide bonds. The minimum Gasteiger partial charge on any atom is -0.399 e. The van der Waals surface area contributed by atoms with Gasteiger partial charge in [-0.2, -0.15) is 0 Å². The van der Waals surface area contributed by atoms with Crippen LogP contribution >= 0.6 is 0 Å². The first-order valence-electron chi connectivity index (χ1n) is 6.26. The number of hydrogen-bond acceptors (Lipinski definition) is 4. The van der Waals surface area contributed by atoms with E-state index in [4.69, 9.17) is 5.73 Å². The van der Waals surface area contributed by atoms with Crippen molar-refractivity contribution < 1.29 is 22.3 Å². The van der Waals surface area contributed by atoms with Crippen molar-refractivity contribution in [2.45, 2.75) is 42.7 Å². The number of nitrogens with two attached hydrogens (primary N) is 1. The molecule has 0 bridgehead atoms. The Kier molecular flexibility index (Phi) is 4.26. The van der Waals surface area contributed by atoms with E-state index in [-0.39, 0.29) is 5.69 Å². The zero-order chi connectivity index (χ0) is 14.9. The van der Waals surface area contributed by atoms with Gasteiger partial charge in [0.15, 0.2) is 11.6 Å². The van der Waals surface area contributed by atoms with Crippen molar-refractivity contribution >= 4 is 15.7 Å². The number of benzene rings is 1. The summed E-state index contributed by atoms with van der Waals surface area (Å²) in [6.45, 7) is 0. The van der Waals surface area contributed by atoms with E-state index in [0.717, 1.165) is 18.9 Å². The summed E-state index contributed by atoms with van der Waals surface area (Å²) in [5, 5.41) is 9.74. The van der Waals surface area contributed by atoms with E-state index < -0.39 is 38.7 Å². The zero-order valence-corrected chi connectivity index (χ0v) is 11.5. The quantitative estimate of drug-likeness (QED) is 0.730. The summed E-state index contributed by atoms with van der Waals surface area (Å²) in [4.78, 5) is -0.840. The summed E-state index contributed by atoms with van der Waals surface area (Å²) < 4.78 is 53.2. The lowest BCUT2D eigenvalue weighted by Gasteiger charge is -2.28. The summed E-state index contributed by atoms with van der Waals surface area (Å²) in [5.74, 6) is -2.80. The Balaban J connectivity index is 2.31. The first-order chi connectivity index (χ1) is 9.31. The van der Waals surface area contributed by atoms with Crippen LogP contribution in [0, 0.1) is 11.6 Å². The normalized spacial score (nSPS) is 23.8. The van der Waals surface area contributed by atoms with Crippen molar-refractivity contribution in [3.63, 3.8) is 0 Å². The van der Waals surface area contributed by atoms with Crippen LogP contribution in [0.2, 0.25) is 0 Å². The van der Waals surface area contributed by atoms with Gasteiger partial charge in [0.2, 0.25) is 10.0 Å². The molecule has 8 heteroatoms. The van der Waals surface area contributed by atoms with Gasteiger partial charge < -0.3 is 10.8 Å². The molecule has 1 aliphatic rings. The second-order valence-electron chi connectivity index (χ2n) is 4.89. The highest BCUT2D eigenvalue weighted by molar-refractivity contribution is 7.89. The van der Waals surface area contributed by atoms with Crippen LogP contribution in [0.4, 0.5) is 14.5 Å². The molecule has 2 atom stereocenters. The highest BCUT2D eigenvalue weighted by atomic mass is 32.2. The molecule has 0 aliphatic heterocycles. The van der Waals surface area contributed by atoms with Gasteiger partial charge in [-0.05, 0) is 25.0 Å². The van der Waals surface area contributed by atoms with Gasteiger partial charge in [0.25, 0.3) is 0 Å². The van der Waals surface area contributed by atoms with Gasteiger partial charge in [-0.25, -0.2) is 21.9 Å². The first-order valence-corrected chi connectivity index (χ1v) is 7.74. The van der Waals surface area contributed by atoms with Gasteiger partial charge >= 0.3 is 0 Å². The Bertz CT molecular complexity index is 607. The van der Waals surface area contributed by atoms with Crippen LogP contribution in [-0.4, -0.2) is 25.7 Å². The van der Waals surface area contributed by atoms with E-state index in [0.29, 0.717) is 18.9 Å².